The minimum absolute atomic E-state index is 0.0982. The van der Waals surface area contributed by atoms with E-state index in [0.717, 1.165) is 17.5 Å². The van der Waals surface area contributed by atoms with E-state index in [1.165, 1.54) is 12.1 Å². The van der Waals surface area contributed by atoms with Crippen LogP contribution in [0.5, 0.6) is 5.75 Å². The molecule has 0 saturated heterocycles. The van der Waals surface area contributed by atoms with Crippen molar-refractivity contribution >= 4 is 5.91 Å². The first-order valence-electron chi connectivity index (χ1n) is 8.55. The number of phenols is 1. The average molecular weight is 351 g/mol. The molecule has 2 aromatic carbocycles. The molecule has 0 spiro atoms. The van der Waals surface area contributed by atoms with Gasteiger partial charge in [-0.1, -0.05) is 31.2 Å². The topological polar surface area (TPSA) is 69.2 Å². The smallest absolute Gasteiger partial charge is 0.273 e. The second kappa shape index (κ2) is 6.29. The molecule has 6 heteroatoms. The van der Waals surface area contributed by atoms with Crippen LogP contribution in [0.2, 0.25) is 0 Å². The third-order valence-electron chi connectivity index (χ3n) is 4.67. The molecule has 1 unspecified atom stereocenters. The van der Waals surface area contributed by atoms with Gasteiger partial charge in [-0.2, -0.15) is 5.10 Å². The highest BCUT2D eigenvalue weighted by atomic mass is 19.1. The van der Waals surface area contributed by atoms with Gasteiger partial charge in [0.05, 0.1) is 6.04 Å². The van der Waals surface area contributed by atoms with Crippen molar-refractivity contribution in [1.29, 1.82) is 0 Å². The molecule has 0 radical (unpaired) electrons. The summed E-state index contributed by atoms with van der Waals surface area (Å²) in [5.41, 5.74) is 3.05. The highest BCUT2D eigenvalue weighted by molar-refractivity contribution is 6.00. The Hall–Kier alpha value is -3.15. The Morgan fingerprint density at radius 3 is 2.62 bits per heavy atom. The summed E-state index contributed by atoms with van der Waals surface area (Å²) in [5, 5.41) is 17.4. The average Bonchev–Trinajstić information content (AvgIpc) is 3.17. The van der Waals surface area contributed by atoms with Gasteiger partial charge in [0.1, 0.15) is 23.0 Å². The summed E-state index contributed by atoms with van der Waals surface area (Å²) in [7, 11) is 0. The number of hydrogen-bond donors (Lipinski definition) is 2. The Kier molecular flexibility index (Phi) is 3.95. The molecule has 0 bridgehead atoms. The summed E-state index contributed by atoms with van der Waals surface area (Å²) in [4.78, 5) is 14.6. The maximum Gasteiger partial charge on any atom is 0.273 e. The van der Waals surface area contributed by atoms with E-state index in [9.17, 15) is 14.3 Å². The van der Waals surface area contributed by atoms with E-state index in [1.807, 2.05) is 13.0 Å². The summed E-state index contributed by atoms with van der Waals surface area (Å²) >= 11 is 0. The number of aromatic hydroxyl groups is 1. The van der Waals surface area contributed by atoms with Crippen molar-refractivity contribution in [2.24, 2.45) is 0 Å². The monoisotopic (exact) mass is 351 g/mol. The molecule has 1 amide bonds. The number of amides is 1. The van der Waals surface area contributed by atoms with Crippen LogP contribution in [0.15, 0.2) is 48.5 Å². The lowest BCUT2D eigenvalue weighted by molar-refractivity contribution is 0.0744. The van der Waals surface area contributed by atoms with E-state index in [2.05, 4.69) is 10.2 Å². The summed E-state index contributed by atoms with van der Waals surface area (Å²) < 4.78 is 13.4. The van der Waals surface area contributed by atoms with Crippen LogP contribution in [0.1, 0.15) is 41.0 Å². The van der Waals surface area contributed by atoms with Crippen LogP contribution < -0.4 is 0 Å². The van der Waals surface area contributed by atoms with Crippen molar-refractivity contribution in [3.05, 3.63) is 71.2 Å². The molecule has 0 saturated carbocycles. The number of para-hydroxylation sites is 1. The molecule has 1 atom stereocenters. The van der Waals surface area contributed by atoms with Gasteiger partial charge in [0.2, 0.25) is 0 Å². The van der Waals surface area contributed by atoms with Crippen molar-refractivity contribution in [3.63, 3.8) is 0 Å². The molecule has 0 aliphatic carbocycles. The highest BCUT2D eigenvalue weighted by Crippen LogP contribution is 2.44. The van der Waals surface area contributed by atoms with Crippen LogP contribution in [0.4, 0.5) is 4.39 Å². The highest BCUT2D eigenvalue weighted by Gasteiger charge is 2.41. The van der Waals surface area contributed by atoms with Crippen molar-refractivity contribution in [2.45, 2.75) is 19.4 Å². The number of benzene rings is 2. The standard InChI is InChI=1S/C20H18FN3O2/c1-2-11-24-19(12-7-9-13(21)10-8-12)16-17(22-23-18(16)20(24)26)14-5-3-4-6-15(14)25/h3-10,19,25H,2,11H2,1H3,(H,22,23). The SMILES string of the molecule is CCCN1C(=O)c2[nH]nc(-c3ccccc3O)c2C1c1ccc(F)cc1. The first kappa shape index (κ1) is 16.3. The first-order chi connectivity index (χ1) is 12.6. The number of rotatable bonds is 4. The minimum atomic E-state index is -0.369. The van der Waals surface area contributed by atoms with Crippen LogP contribution in [0.25, 0.3) is 11.3 Å². The van der Waals surface area contributed by atoms with E-state index < -0.39 is 0 Å². The Labute approximate surface area is 150 Å². The number of aromatic nitrogens is 2. The number of halogens is 1. The van der Waals surface area contributed by atoms with E-state index in [4.69, 9.17) is 0 Å². The van der Waals surface area contributed by atoms with Gasteiger partial charge in [0, 0.05) is 17.7 Å². The number of nitrogens with one attached hydrogen (secondary N) is 1. The molecular weight excluding hydrogens is 333 g/mol. The number of hydrogen-bond acceptors (Lipinski definition) is 3. The van der Waals surface area contributed by atoms with Crippen LogP contribution in [-0.2, 0) is 0 Å². The van der Waals surface area contributed by atoms with Gasteiger partial charge in [-0.05, 0) is 36.2 Å². The zero-order chi connectivity index (χ0) is 18.3. The van der Waals surface area contributed by atoms with Gasteiger partial charge in [-0.25, -0.2) is 4.39 Å². The van der Waals surface area contributed by atoms with E-state index in [1.54, 1.807) is 35.2 Å². The Morgan fingerprint density at radius 1 is 1.19 bits per heavy atom. The molecule has 0 fully saturated rings. The molecule has 4 rings (SSSR count). The molecule has 3 aromatic rings. The summed E-state index contributed by atoms with van der Waals surface area (Å²) in [6.45, 7) is 2.58. The third kappa shape index (κ3) is 2.45. The Morgan fingerprint density at radius 2 is 1.92 bits per heavy atom. The van der Waals surface area contributed by atoms with Crippen LogP contribution in [-0.4, -0.2) is 32.7 Å². The molecule has 2 heterocycles. The molecule has 2 N–H and O–H groups in total. The maximum absolute atomic E-state index is 13.4. The fourth-order valence-electron chi connectivity index (χ4n) is 3.54. The zero-order valence-electron chi connectivity index (χ0n) is 14.2. The van der Waals surface area contributed by atoms with Crippen LogP contribution in [0.3, 0.4) is 0 Å². The lowest BCUT2D eigenvalue weighted by Gasteiger charge is -2.26. The molecular formula is C20H18FN3O2. The fourth-order valence-corrected chi connectivity index (χ4v) is 3.54. The van der Waals surface area contributed by atoms with Gasteiger partial charge in [-0.3, -0.25) is 9.89 Å². The number of carbonyl (C=O) groups excluding carboxylic acids is 1. The van der Waals surface area contributed by atoms with Gasteiger partial charge >= 0.3 is 0 Å². The number of nitrogens with zero attached hydrogens (tertiary/aromatic N) is 2. The van der Waals surface area contributed by atoms with E-state index >= 15 is 0 Å². The quantitative estimate of drug-likeness (QED) is 0.749. The molecule has 1 aromatic heterocycles. The molecule has 132 valence electrons. The predicted molar refractivity (Wildman–Crippen MR) is 95.3 cm³/mol. The Bertz CT molecular complexity index is 965. The lowest BCUT2D eigenvalue weighted by Crippen LogP contribution is -2.30. The van der Waals surface area contributed by atoms with Gasteiger partial charge in [0.25, 0.3) is 5.91 Å². The van der Waals surface area contributed by atoms with Crippen molar-refractivity contribution in [2.75, 3.05) is 6.54 Å². The second-order valence-corrected chi connectivity index (χ2v) is 6.33. The van der Waals surface area contributed by atoms with Gasteiger partial charge in [-0.15, -0.1) is 0 Å². The summed E-state index contributed by atoms with van der Waals surface area (Å²) in [5.74, 6) is -0.361. The van der Waals surface area contributed by atoms with E-state index in [0.29, 0.717) is 23.5 Å². The Balaban J connectivity index is 1.91. The molecule has 26 heavy (non-hydrogen) atoms. The van der Waals surface area contributed by atoms with Crippen molar-refractivity contribution in [3.8, 4) is 17.0 Å². The lowest BCUT2D eigenvalue weighted by atomic mass is 9.95. The number of carbonyl (C=O) groups is 1. The summed E-state index contributed by atoms with van der Waals surface area (Å²) in [6.07, 6.45) is 0.799. The first-order valence-corrected chi connectivity index (χ1v) is 8.55. The van der Waals surface area contributed by atoms with Crippen LogP contribution >= 0.6 is 0 Å². The normalized spacial score (nSPS) is 16.2. The fraction of sp³-hybridized carbons (Fsp3) is 0.200. The van der Waals surface area contributed by atoms with Crippen molar-refractivity contribution < 1.29 is 14.3 Å². The minimum Gasteiger partial charge on any atom is -0.507 e. The largest absolute Gasteiger partial charge is 0.507 e. The number of aromatic amines is 1. The van der Waals surface area contributed by atoms with Gasteiger partial charge in [0.15, 0.2) is 0 Å². The number of H-pyrrole nitrogens is 1. The third-order valence-corrected chi connectivity index (χ3v) is 4.67. The maximum atomic E-state index is 13.4. The van der Waals surface area contributed by atoms with E-state index in [-0.39, 0.29) is 23.5 Å². The molecule has 1 aliphatic heterocycles. The second-order valence-electron chi connectivity index (χ2n) is 6.33. The van der Waals surface area contributed by atoms with Gasteiger partial charge < -0.3 is 10.0 Å². The molecule has 1 aliphatic rings. The zero-order valence-corrected chi connectivity index (χ0v) is 14.2. The number of phenolic OH excluding ortho intramolecular Hbond substituents is 1. The number of fused-ring (bicyclic) bond motifs is 1. The van der Waals surface area contributed by atoms with Crippen LogP contribution in [0, 0.1) is 5.82 Å². The summed E-state index contributed by atoms with van der Waals surface area (Å²) in [6, 6.07) is 12.7. The predicted octanol–water partition coefficient (Wildman–Crippen LogP) is 3.88. The molecule has 5 nitrogen and oxygen atoms in total. The van der Waals surface area contributed by atoms with Crippen molar-refractivity contribution in [1.82, 2.24) is 15.1 Å².